The zero-order chi connectivity index (χ0) is 10.7. The van der Waals surface area contributed by atoms with Gasteiger partial charge in [0.05, 0.1) is 11.9 Å². The van der Waals surface area contributed by atoms with Crippen LogP contribution in [0.3, 0.4) is 0 Å². The van der Waals surface area contributed by atoms with Gasteiger partial charge in [-0.15, -0.1) is 0 Å². The molecule has 0 aliphatic heterocycles. The average molecular weight is 195 g/mol. The summed E-state index contributed by atoms with van der Waals surface area (Å²) in [6.07, 6.45) is 2.94. The summed E-state index contributed by atoms with van der Waals surface area (Å²) in [5.41, 5.74) is 10.8. The molecule has 0 saturated carbocycles. The summed E-state index contributed by atoms with van der Waals surface area (Å²) in [4.78, 5) is 11.4. The Hall–Kier alpha value is -1.95. The third-order valence-corrected chi connectivity index (χ3v) is 1.59. The third-order valence-electron chi connectivity index (χ3n) is 1.59. The Labute approximate surface area is 81.2 Å². The average Bonchev–Trinajstić information content (AvgIpc) is 2.08. The van der Waals surface area contributed by atoms with Crippen molar-refractivity contribution in [2.75, 3.05) is 12.8 Å². The monoisotopic (exact) mass is 195 g/mol. The molecule has 0 atom stereocenters. The van der Waals surface area contributed by atoms with Gasteiger partial charge in [0.2, 0.25) is 0 Å². The van der Waals surface area contributed by atoms with Crippen LogP contribution in [-0.2, 0) is 0 Å². The summed E-state index contributed by atoms with van der Waals surface area (Å²) >= 11 is 0. The van der Waals surface area contributed by atoms with Crippen molar-refractivity contribution in [1.29, 1.82) is 0 Å². The molecule has 0 amide bonds. The lowest BCUT2D eigenvalue weighted by atomic mass is 10.4. The van der Waals surface area contributed by atoms with E-state index in [2.05, 4.69) is 0 Å². The lowest BCUT2D eigenvalue weighted by molar-refractivity contribution is 0.483. The molecule has 0 radical (unpaired) electrons. The SMILES string of the molecule is CN(N)/C=C(\N)n1cccc(N)c1=O. The summed E-state index contributed by atoms with van der Waals surface area (Å²) in [5.74, 6) is 5.56. The van der Waals surface area contributed by atoms with E-state index >= 15 is 0 Å². The van der Waals surface area contributed by atoms with Crippen molar-refractivity contribution >= 4 is 11.5 Å². The number of hydrazine groups is 1. The molecule has 76 valence electrons. The zero-order valence-corrected chi connectivity index (χ0v) is 7.84. The highest BCUT2D eigenvalue weighted by atomic mass is 16.1. The van der Waals surface area contributed by atoms with Gasteiger partial charge in [0.1, 0.15) is 5.82 Å². The fourth-order valence-corrected chi connectivity index (χ4v) is 0.985. The second-order valence-electron chi connectivity index (χ2n) is 2.86. The number of rotatable bonds is 2. The van der Waals surface area contributed by atoms with Crippen LogP contribution in [0.25, 0.3) is 5.82 Å². The van der Waals surface area contributed by atoms with Crippen molar-refractivity contribution in [2.45, 2.75) is 0 Å². The highest BCUT2D eigenvalue weighted by molar-refractivity contribution is 5.45. The van der Waals surface area contributed by atoms with Gasteiger partial charge in [0.25, 0.3) is 5.56 Å². The number of nitrogens with two attached hydrogens (primary N) is 3. The summed E-state index contributed by atoms with van der Waals surface area (Å²) in [5, 5.41) is 1.25. The molecule has 1 aromatic rings. The molecule has 14 heavy (non-hydrogen) atoms. The molecule has 0 fully saturated rings. The maximum atomic E-state index is 11.4. The number of nitrogens with zero attached hydrogens (tertiary/aromatic N) is 2. The van der Waals surface area contributed by atoms with E-state index in [1.807, 2.05) is 0 Å². The van der Waals surface area contributed by atoms with E-state index in [0.29, 0.717) is 0 Å². The fraction of sp³-hybridized carbons (Fsp3) is 0.125. The first-order valence-electron chi connectivity index (χ1n) is 3.94. The van der Waals surface area contributed by atoms with Crippen molar-refractivity contribution in [3.63, 3.8) is 0 Å². The largest absolute Gasteiger partial charge is 0.394 e. The van der Waals surface area contributed by atoms with Crippen molar-refractivity contribution in [3.05, 3.63) is 34.9 Å². The molecule has 0 aliphatic carbocycles. The van der Waals surface area contributed by atoms with Crippen LogP contribution < -0.4 is 22.9 Å². The Morgan fingerprint density at radius 1 is 1.64 bits per heavy atom. The quantitative estimate of drug-likeness (QED) is 0.412. The lowest BCUT2D eigenvalue weighted by Gasteiger charge is -2.09. The van der Waals surface area contributed by atoms with Crippen molar-refractivity contribution in [2.24, 2.45) is 11.6 Å². The molecule has 0 saturated heterocycles. The van der Waals surface area contributed by atoms with Crippen molar-refractivity contribution < 1.29 is 0 Å². The molecular formula is C8H13N5O. The standard InChI is InChI=1S/C8H13N5O/c1-12(11)5-7(10)13-4-2-3-6(9)8(13)14/h2-5H,9-11H2,1H3/b7-5+. The van der Waals surface area contributed by atoms with Gasteiger partial charge in [-0.1, -0.05) is 0 Å². The van der Waals surface area contributed by atoms with Crippen LogP contribution in [0.15, 0.2) is 29.3 Å². The first-order chi connectivity index (χ1) is 6.52. The van der Waals surface area contributed by atoms with Crippen molar-refractivity contribution in [3.8, 4) is 0 Å². The number of hydrogen-bond acceptors (Lipinski definition) is 5. The van der Waals surface area contributed by atoms with Gasteiger partial charge < -0.3 is 16.5 Å². The smallest absolute Gasteiger partial charge is 0.279 e. The fourth-order valence-electron chi connectivity index (χ4n) is 0.985. The highest BCUT2D eigenvalue weighted by Crippen LogP contribution is 1.96. The number of aromatic nitrogens is 1. The first kappa shape index (κ1) is 10.1. The second-order valence-corrected chi connectivity index (χ2v) is 2.86. The van der Waals surface area contributed by atoms with Gasteiger partial charge in [0.15, 0.2) is 0 Å². The molecule has 0 aliphatic rings. The van der Waals surface area contributed by atoms with E-state index in [1.54, 1.807) is 13.1 Å². The van der Waals surface area contributed by atoms with Crippen LogP contribution in [0.5, 0.6) is 0 Å². The van der Waals surface area contributed by atoms with Crippen LogP contribution in [0.2, 0.25) is 0 Å². The van der Waals surface area contributed by atoms with Crippen LogP contribution in [0.1, 0.15) is 0 Å². The Kier molecular flexibility index (Phi) is 2.78. The Bertz CT molecular complexity index is 406. The Balaban J connectivity index is 3.21. The normalized spacial score (nSPS) is 11.4. The molecule has 1 rings (SSSR count). The summed E-state index contributed by atoms with van der Waals surface area (Å²) in [7, 11) is 1.60. The van der Waals surface area contributed by atoms with Gasteiger partial charge in [-0.25, -0.2) is 5.84 Å². The van der Waals surface area contributed by atoms with E-state index in [0.717, 1.165) is 0 Å². The molecule has 6 nitrogen and oxygen atoms in total. The van der Waals surface area contributed by atoms with Crippen LogP contribution >= 0.6 is 0 Å². The van der Waals surface area contributed by atoms with E-state index in [1.165, 1.54) is 28.0 Å². The molecule has 0 aromatic carbocycles. The predicted octanol–water partition coefficient (Wildman–Crippen LogP) is -1.05. The Morgan fingerprint density at radius 3 is 2.86 bits per heavy atom. The molecule has 0 unspecified atom stereocenters. The van der Waals surface area contributed by atoms with E-state index in [-0.39, 0.29) is 17.1 Å². The van der Waals surface area contributed by atoms with Crippen LogP contribution in [0.4, 0.5) is 5.69 Å². The minimum absolute atomic E-state index is 0.142. The number of pyridine rings is 1. The molecule has 0 spiro atoms. The third kappa shape index (κ3) is 2.05. The summed E-state index contributed by atoms with van der Waals surface area (Å²) in [6, 6.07) is 3.15. The van der Waals surface area contributed by atoms with E-state index in [9.17, 15) is 4.79 Å². The minimum atomic E-state index is -0.358. The number of anilines is 1. The summed E-state index contributed by atoms with van der Waals surface area (Å²) < 4.78 is 1.22. The predicted molar refractivity (Wildman–Crippen MR) is 55.5 cm³/mol. The van der Waals surface area contributed by atoms with Gasteiger partial charge in [0, 0.05) is 13.2 Å². The first-order valence-corrected chi connectivity index (χ1v) is 3.94. The molecule has 0 bridgehead atoms. The van der Waals surface area contributed by atoms with Gasteiger partial charge in [-0.2, -0.15) is 0 Å². The van der Waals surface area contributed by atoms with Crippen LogP contribution in [-0.4, -0.2) is 16.6 Å². The molecule has 1 heterocycles. The van der Waals surface area contributed by atoms with Crippen molar-refractivity contribution in [1.82, 2.24) is 9.58 Å². The van der Waals surface area contributed by atoms with Crippen LogP contribution in [0, 0.1) is 0 Å². The summed E-state index contributed by atoms with van der Waals surface area (Å²) in [6.45, 7) is 0. The van der Waals surface area contributed by atoms with Gasteiger partial charge in [-0.05, 0) is 12.1 Å². The lowest BCUT2D eigenvalue weighted by Crippen LogP contribution is -2.28. The molecular weight excluding hydrogens is 182 g/mol. The zero-order valence-electron chi connectivity index (χ0n) is 7.84. The minimum Gasteiger partial charge on any atom is -0.394 e. The molecule has 1 aromatic heterocycles. The maximum absolute atomic E-state index is 11.4. The topological polar surface area (TPSA) is 103 Å². The van der Waals surface area contributed by atoms with Gasteiger partial charge >= 0.3 is 0 Å². The molecule has 6 N–H and O–H groups in total. The number of hydrogen-bond donors (Lipinski definition) is 3. The van der Waals surface area contributed by atoms with E-state index in [4.69, 9.17) is 17.3 Å². The van der Waals surface area contributed by atoms with E-state index < -0.39 is 0 Å². The maximum Gasteiger partial charge on any atom is 0.279 e. The Morgan fingerprint density at radius 2 is 2.29 bits per heavy atom. The molecule has 6 heteroatoms. The number of nitrogen functional groups attached to an aromatic ring is 1. The second kappa shape index (κ2) is 3.84. The van der Waals surface area contributed by atoms with Gasteiger partial charge in [-0.3, -0.25) is 9.36 Å². The highest BCUT2D eigenvalue weighted by Gasteiger charge is 2.01.